The number of hydrogen-bond donors (Lipinski definition) is 0. The molecule has 2 rings (SSSR count). The molecule has 1 aromatic carbocycles. The summed E-state index contributed by atoms with van der Waals surface area (Å²) in [6.07, 6.45) is 0. The normalized spacial score (nSPS) is 14.7. The molecule has 0 saturated carbocycles. The summed E-state index contributed by atoms with van der Waals surface area (Å²) >= 11 is 0. The largest absolute Gasteiger partial charge is 0.465 e. The van der Waals surface area contributed by atoms with Crippen molar-refractivity contribution in [3.8, 4) is 0 Å². The Morgan fingerprint density at radius 3 is 1.60 bits per heavy atom. The van der Waals surface area contributed by atoms with Crippen molar-refractivity contribution in [2.75, 3.05) is 24.7 Å². The molecule has 1 aliphatic rings. The molecular weight excluding hydrogens is 386 g/mol. The van der Waals surface area contributed by atoms with E-state index in [0.717, 1.165) is 11.3 Å². The topological polar surface area (TPSA) is 82.1 Å². The summed E-state index contributed by atoms with van der Waals surface area (Å²) in [6.45, 7) is 10.8. The molecule has 1 aliphatic heterocycles. The van der Waals surface area contributed by atoms with Crippen molar-refractivity contribution in [1.29, 1.82) is 0 Å². The lowest BCUT2D eigenvalue weighted by atomic mass is 9.84. The molecule has 0 N–H and O–H groups in total. The third kappa shape index (κ3) is 4.56. The van der Waals surface area contributed by atoms with Crippen molar-refractivity contribution in [1.82, 2.24) is 0 Å². The van der Waals surface area contributed by atoms with Crippen molar-refractivity contribution in [3.63, 3.8) is 0 Å². The average Bonchev–Trinajstić information content (AvgIpc) is 2.69. The van der Waals surface area contributed by atoms with E-state index in [1.165, 1.54) is 0 Å². The van der Waals surface area contributed by atoms with Gasteiger partial charge in [-0.2, -0.15) is 0 Å². The van der Waals surface area contributed by atoms with Crippen LogP contribution in [-0.2, 0) is 28.6 Å². The second-order valence-electron chi connectivity index (χ2n) is 6.80. The first kappa shape index (κ1) is 23.2. The summed E-state index contributed by atoms with van der Waals surface area (Å²) in [4.78, 5) is 40.5. The number of allylic oxidation sites excluding steroid dienone is 2. The number of rotatable bonds is 7. The Bertz CT molecular complexity index is 839. The van der Waals surface area contributed by atoms with Gasteiger partial charge < -0.3 is 19.1 Å². The quantitative estimate of drug-likeness (QED) is 0.496. The predicted octanol–water partition coefficient (Wildman–Crippen LogP) is 3.67. The highest BCUT2D eigenvalue weighted by atomic mass is 16.5. The van der Waals surface area contributed by atoms with Crippen LogP contribution >= 0.6 is 0 Å². The van der Waals surface area contributed by atoms with E-state index in [-0.39, 0.29) is 31.0 Å². The van der Waals surface area contributed by atoms with Gasteiger partial charge in [-0.05, 0) is 53.7 Å². The molecule has 1 heterocycles. The van der Waals surface area contributed by atoms with Gasteiger partial charge in [0.15, 0.2) is 0 Å². The van der Waals surface area contributed by atoms with Crippen LogP contribution in [0.3, 0.4) is 0 Å². The highest BCUT2D eigenvalue weighted by Crippen LogP contribution is 2.40. The minimum atomic E-state index is -1.22. The Morgan fingerprint density at radius 1 is 0.767 bits per heavy atom. The molecule has 162 valence electrons. The van der Waals surface area contributed by atoms with E-state index in [1.54, 1.807) is 39.5 Å². The Morgan fingerprint density at radius 2 is 1.20 bits per heavy atom. The lowest BCUT2D eigenvalue weighted by molar-refractivity contribution is -0.151. The van der Waals surface area contributed by atoms with Crippen molar-refractivity contribution in [2.24, 2.45) is 5.92 Å². The minimum Gasteiger partial charge on any atom is -0.465 e. The molecule has 0 aliphatic carbocycles. The van der Waals surface area contributed by atoms with Crippen LogP contribution in [0.25, 0.3) is 0 Å². The highest BCUT2D eigenvalue weighted by Gasteiger charge is 2.44. The number of anilines is 1. The lowest BCUT2D eigenvalue weighted by Crippen LogP contribution is -2.40. The van der Waals surface area contributed by atoms with E-state index in [0.29, 0.717) is 11.4 Å². The number of nitrogens with zero attached hydrogens (tertiary/aromatic N) is 1. The molecule has 0 saturated heterocycles. The molecule has 0 fully saturated rings. The van der Waals surface area contributed by atoms with Crippen LogP contribution in [0.2, 0.25) is 0 Å². The number of carbonyl (C=O) groups excluding carboxylic acids is 3. The van der Waals surface area contributed by atoms with Gasteiger partial charge >= 0.3 is 17.9 Å². The average molecular weight is 415 g/mol. The molecule has 0 radical (unpaired) electrons. The molecule has 0 amide bonds. The molecule has 1 aromatic rings. The molecule has 0 bridgehead atoms. The van der Waals surface area contributed by atoms with E-state index in [9.17, 15) is 14.4 Å². The molecule has 30 heavy (non-hydrogen) atoms. The van der Waals surface area contributed by atoms with E-state index >= 15 is 0 Å². The summed E-state index contributed by atoms with van der Waals surface area (Å²) in [5.74, 6) is -3.24. The third-order valence-electron chi connectivity index (χ3n) is 4.83. The summed E-state index contributed by atoms with van der Waals surface area (Å²) in [5.41, 5.74) is 2.97. The van der Waals surface area contributed by atoms with Crippen molar-refractivity contribution in [3.05, 3.63) is 52.4 Å². The fraction of sp³-hybridized carbons (Fsp3) is 0.435. The third-order valence-corrected chi connectivity index (χ3v) is 4.83. The monoisotopic (exact) mass is 415 g/mol. The van der Waals surface area contributed by atoms with Gasteiger partial charge in [-0.25, -0.2) is 9.59 Å². The molecule has 0 atom stereocenters. The smallest absolute Gasteiger partial charge is 0.337 e. The standard InChI is InChI=1S/C23H29NO6/c1-7-28-21(25)18-15(5)24(17-12-10-14(4)11-13-17)16(6)19(22(26)29-8-2)20(18)23(27)30-9-3/h10-13,20H,7-9H2,1-6H3. The molecular formula is C23H29NO6. The number of aryl methyl sites for hydroxylation is 1. The SMILES string of the molecule is CCOC(=O)C1=C(C)N(c2ccc(C)cc2)C(C)=C(C(=O)OCC)C1C(=O)OCC. The fourth-order valence-corrected chi connectivity index (χ4v) is 3.55. The van der Waals surface area contributed by atoms with Gasteiger partial charge in [-0.3, -0.25) is 4.79 Å². The second-order valence-corrected chi connectivity index (χ2v) is 6.80. The number of esters is 3. The summed E-state index contributed by atoms with van der Waals surface area (Å²) in [7, 11) is 0. The van der Waals surface area contributed by atoms with Gasteiger partial charge in [0, 0.05) is 17.1 Å². The van der Waals surface area contributed by atoms with Gasteiger partial charge in [0.05, 0.1) is 31.0 Å². The first-order chi connectivity index (χ1) is 14.3. The van der Waals surface area contributed by atoms with E-state index in [2.05, 4.69) is 0 Å². The van der Waals surface area contributed by atoms with Crippen LogP contribution in [0.1, 0.15) is 40.2 Å². The first-order valence-electron chi connectivity index (χ1n) is 10.1. The number of hydrogen-bond acceptors (Lipinski definition) is 7. The zero-order valence-corrected chi connectivity index (χ0v) is 18.4. The van der Waals surface area contributed by atoms with E-state index in [4.69, 9.17) is 14.2 Å². The van der Waals surface area contributed by atoms with Crippen molar-refractivity contribution < 1.29 is 28.6 Å². The lowest BCUT2D eigenvalue weighted by Gasteiger charge is -2.36. The summed E-state index contributed by atoms with van der Waals surface area (Å²) in [5, 5.41) is 0. The maximum absolute atomic E-state index is 12.9. The van der Waals surface area contributed by atoms with Crippen molar-refractivity contribution in [2.45, 2.75) is 41.5 Å². The van der Waals surface area contributed by atoms with Crippen molar-refractivity contribution >= 4 is 23.6 Å². The minimum absolute atomic E-state index is 0.0736. The predicted molar refractivity (Wildman–Crippen MR) is 112 cm³/mol. The fourth-order valence-electron chi connectivity index (χ4n) is 3.55. The van der Waals surface area contributed by atoms with Crippen LogP contribution < -0.4 is 4.90 Å². The van der Waals surface area contributed by atoms with Gasteiger partial charge in [-0.15, -0.1) is 0 Å². The maximum Gasteiger partial charge on any atom is 0.337 e. The summed E-state index contributed by atoms with van der Waals surface area (Å²) in [6, 6.07) is 7.64. The zero-order chi connectivity index (χ0) is 22.4. The Labute approximate surface area is 177 Å². The molecule has 7 heteroatoms. The van der Waals surface area contributed by atoms with Gasteiger partial charge in [0.1, 0.15) is 5.92 Å². The maximum atomic E-state index is 12.9. The van der Waals surface area contributed by atoms with Gasteiger partial charge in [0.2, 0.25) is 0 Å². The van der Waals surface area contributed by atoms with Gasteiger partial charge in [0.25, 0.3) is 0 Å². The highest BCUT2D eigenvalue weighted by molar-refractivity contribution is 6.07. The van der Waals surface area contributed by atoms with E-state index in [1.807, 2.05) is 31.2 Å². The Kier molecular flexibility index (Phi) is 7.80. The Balaban J connectivity index is 2.78. The second kappa shape index (κ2) is 10.1. The zero-order valence-electron chi connectivity index (χ0n) is 18.4. The number of carbonyl (C=O) groups is 3. The van der Waals surface area contributed by atoms with Crippen LogP contribution in [0, 0.1) is 12.8 Å². The van der Waals surface area contributed by atoms with Crippen LogP contribution in [0.15, 0.2) is 46.8 Å². The van der Waals surface area contributed by atoms with Crippen LogP contribution in [-0.4, -0.2) is 37.7 Å². The number of ether oxygens (including phenoxy) is 3. The van der Waals surface area contributed by atoms with Gasteiger partial charge in [-0.1, -0.05) is 17.7 Å². The van der Waals surface area contributed by atoms with Crippen LogP contribution in [0.4, 0.5) is 5.69 Å². The summed E-state index contributed by atoms with van der Waals surface area (Å²) < 4.78 is 15.7. The van der Waals surface area contributed by atoms with E-state index < -0.39 is 23.8 Å². The molecule has 7 nitrogen and oxygen atoms in total. The Hall–Kier alpha value is -3.09. The first-order valence-corrected chi connectivity index (χ1v) is 10.1. The molecule has 0 unspecified atom stereocenters. The number of benzene rings is 1. The molecule has 0 aromatic heterocycles. The van der Waals surface area contributed by atoms with Crippen LogP contribution in [0.5, 0.6) is 0 Å². The molecule has 0 spiro atoms.